The van der Waals surface area contributed by atoms with E-state index in [1.165, 1.54) is 31.8 Å². The summed E-state index contributed by atoms with van der Waals surface area (Å²) in [6, 6.07) is 0. The molecule has 5 nitrogen and oxygen atoms in total. The molecule has 0 saturated carbocycles. The third-order valence-corrected chi connectivity index (χ3v) is 2.80. The van der Waals surface area contributed by atoms with Crippen molar-refractivity contribution in [1.82, 2.24) is 0 Å². The average molecular weight is 280 g/mol. The minimum Gasteiger partial charge on any atom is -0.457 e. The van der Waals surface area contributed by atoms with Gasteiger partial charge in [-0.1, -0.05) is 45.1 Å². The number of carbonyl (C=O) groups excluding carboxylic acids is 2. The summed E-state index contributed by atoms with van der Waals surface area (Å²) in [5.74, 6) is -1.53. The molecule has 0 aromatic heterocycles. The van der Waals surface area contributed by atoms with Crippen LogP contribution >= 0.6 is 0 Å². The van der Waals surface area contributed by atoms with Crippen LogP contribution in [0.4, 0.5) is 0 Å². The molecule has 0 radical (unpaired) electrons. The van der Waals surface area contributed by atoms with Gasteiger partial charge in [0.2, 0.25) is 0 Å². The molecule has 5 heteroatoms. The van der Waals surface area contributed by atoms with Crippen LogP contribution in [0, 0.1) is 0 Å². The van der Waals surface area contributed by atoms with E-state index >= 15 is 0 Å². The lowest BCUT2D eigenvalue weighted by Gasteiger charge is -1.97. The minimum absolute atomic E-state index is 0.132. The van der Waals surface area contributed by atoms with Gasteiger partial charge in [-0.05, 0) is 25.8 Å². The molecule has 0 heterocycles. The third kappa shape index (κ3) is 8.38. The Morgan fingerprint density at radius 1 is 1.10 bits per heavy atom. The summed E-state index contributed by atoms with van der Waals surface area (Å²) >= 11 is 0. The van der Waals surface area contributed by atoms with Gasteiger partial charge in [-0.2, -0.15) is 4.79 Å². The maximum atomic E-state index is 11.6. The second-order valence-electron chi connectivity index (χ2n) is 4.49. The molecule has 0 rings (SSSR count). The van der Waals surface area contributed by atoms with E-state index in [0.717, 1.165) is 19.3 Å². The number of ketones is 1. The standard InChI is InChI=1S/C15H24N2O3/c1-3-5-6-7-8-9-10-11-12-13(18)14(17-16)15(19)20-4-2/h11-12H,3-10H2,1-2H3/b12-11-. The van der Waals surface area contributed by atoms with Crippen molar-refractivity contribution in [3.63, 3.8) is 0 Å². The Morgan fingerprint density at radius 3 is 2.35 bits per heavy atom. The Morgan fingerprint density at radius 2 is 1.75 bits per heavy atom. The van der Waals surface area contributed by atoms with Crippen molar-refractivity contribution in [3.8, 4) is 0 Å². The van der Waals surface area contributed by atoms with Crippen LogP contribution in [-0.2, 0) is 14.3 Å². The van der Waals surface area contributed by atoms with E-state index in [1.54, 1.807) is 13.0 Å². The van der Waals surface area contributed by atoms with E-state index in [9.17, 15) is 9.59 Å². The highest BCUT2D eigenvalue weighted by Crippen LogP contribution is 2.07. The molecule has 0 aliphatic heterocycles. The van der Waals surface area contributed by atoms with Gasteiger partial charge in [-0.25, -0.2) is 4.79 Å². The van der Waals surface area contributed by atoms with E-state index in [2.05, 4.69) is 16.5 Å². The summed E-state index contributed by atoms with van der Waals surface area (Å²) in [4.78, 5) is 25.6. The van der Waals surface area contributed by atoms with Gasteiger partial charge in [-0.3, -0.25) is 4.79 Å². The molecule has 0 aromatic carbocycles. The van der Waals surface area contributed by atoms with Crippen LogP contribution in [0.3, 0.4) is 0 Å². The first-order valence-electron chi connectivity index (χ1n) is 7.27. The van der Waals surface area contributed by atoms with Crippen LogP contribution in [0.5, 0.6) is 0 Å². The van der Waals surface area contributed by atoms with Gasteiger partial charge >= 0.3 is 11.7 Å². The van der Waals surface area contributed by atoms with E-state index in [-0.39, 0.29) is 6.61 Å². The smallest absolute Gasteiger partial charge is 0.445 e. The molecule has 0 amide bonds. The van der Waals surface area contributed by atoms with E-state index in [1.807, 2.05) is 0 Å². The van der Waals surface area contributed by atoms with Gasteiger partial charge in [0.1, 0.15) is 0 Å². The molecule has 0 aromatic rings. The maximum Gasteiger partial charge on any atom is 0.445 e. The molecular formula is C15H24N2O3. The molecule has 0 fully saturated rings. The normalized spacial score (nSPS) is 10.3. The number of allylic oxidation sites excluding steroid dienone is 2. The lowest BCUT2D eigenvalue weighted by Crippen LogP contribution is -2.26. The topological polar surface area (TPSA) is 79.8 Å². The largest absolute Gasteiger partial charge is 0.457 e. The highest BCUT2D eigenvalue weighted by molar-refractivity contribution is 6.64. The predicted molar refractivity (Wildman–Crippen MR) is 77.4 cm³/mol. The number of hydrogen-bond donors (Lipinski definition) is 0. The minimum atomic E-state index is -0.899. The van der Waals surface area contributed by atoms with Crippen molar-refractivity contribution < 1.29 is 19.1 Å². The van der Waals surface area contributed by atoms with Crippen molar-refractivity contribution >= 4 is 17.5 Å². The fraction of sp³-hybridized carbons (Fsp3) is 0.667. The summed E-state index contributed by atoms with van der Waals surface area (Å²) in [5.41, 5.74) is 8.07. The van der Waals surface area contributed by atoms with Gasteiger partial charge < -0.3 is 10.3 Å². The summed E-state index contributed by atoms with van der Waals surface area (Å²) < 4.78 is 4.61. The zero-order valence-corrected chi connectivity index (χ0v) is 12.4. The van der Waals surface area contributed by atoms with Crippen LogP contribution in [-0.4, -0.2) is 28.9 Å². The van der Waals surface area contributed by atoms with Crippen molar-refractivity contribution in [2.75, 3.05) is 6.61 Å². The van der Waals surface area contributed by atoms with Crippen LogP contribution in [0.2, 0.25) is 0 Å². The molecule has 0 unspecified atom stereocenters. The van der Waals surface area contributed by atoms with Gasteiger partial charge in [0.15, 0.2) is 0 Å². The summed E-state index contributed by atoms with van der Waals surface area (Å²) in [6.07, 6.45) is 10.8. The predicted octanol–water partition coefficient (Wildman–Crippen LogP) is 3.10. The van der Waals surface area contributed by atoms with E-state index in [0.29, 0.717) is 0 Å². The highest BCUT2D eigenvalue weighted by Gasteiger charge is 2.28. The van der Waals surface area contributed by atoms with E-state index in [4.69, 9.17) is 5.53 Å². The van der Waals surface area contributed by atoms with Gasteiger partial charge in [0.25, 0.3) is 5.78 Å². The number of hydrogen-bond acceptors (Lipinski definition) is 3. The fourth-order valence-corrected chi connectivity index (χ4v) is 1.70. The third-order valence-electron chi connectivity index (χ3n) is 2.80. The average Bonchev–Trinajstić information content (AvgIpc) is 2.43. The van der Waals surface area contributed by atoms with Crippen molar-refractivity contribution in [2.24, 2.45) is 0 Å². The van der Waals surface area contributed by atoms with Gasteiger partial charge in [-0.15, -0.1) is 0 Å². The molecule has 0 spiro atoms. The summed E-state index contributed by atoms with van der Waals surface area (Å²) in [6.45, 7) is 3.93. The summed E-state index contributed by atoms with van der Waals surface area (Å²) in [5, 5.41) is 0. The fourth-order valence-electron chi connectivity index (χ4n) is 1.70. The molecule has 0 atom stereocenters. The first-order valence-corrected chi connectivity index (χ1v) is 7.27. The number of ether oxygens (including phenoxy) is 1. The number of nitrogens with zero attached hydrogens (tertiary/aromatic N) is 2. The molecule has 0 aliphatic carbocycles. The maximum absolute atomic E-state index is 11.6. The van der Waals surface area contributed by atoms with Crippen LogP contribution in [0.25, 0.3) is 5.53 Å². The van der Waals surface area contributed by atoms with Crippen molar-refractivity contribution in [3.05, 3.63) is 17.7 Å². The molecule has 112 valence electrons. The van der Waals surface area contributed by atoms with Crippen molar-refractivity contribution in [1.29, 1.82) is 0 Å². The van der Waals surface area contributed by atoms with Crippen LogP contribution in [0.1, 0.15) is 58.8 Å². The van der Waals surface area contributed by atoms with Gasteiger partial charge in [0, 0.05) is 0 Å². The van der Waals surface area contributed by atoms with Crippen LogP contribution < -0.4 is 0 Å². The lowest BCUT2D eigenvalue weighted by atomic mass is 10.1. The number of esters is 1. The zero-order valence-electron chi connectivity index (χ0n) is 12.4. The van der Waals surface area contributed by atoms with Crippen molar-refractivity contribution in [2.45, 2.75) is 58.8 Å². The Balaban J connectivity index is 3.97. The molecule has 0 N–H and O–H groups in total. The quantitative estimate of drug-likeness (QED) is 0.111. The second kappa shape index (κ2) is 12.3. The Bertz CT molecular complexity index is 383. The first-order chi connectivity index (χ1) is 9.67. The molecule has 0 aliphatic rings. The zero-order chi connectivity index (χ0) is 15.2. The second-order valence-corrected chi connectivity index (χ2v) is 4.49. The van der Waals surface area contributed by atoms with Gasteiger partial charge in [0.05, 0.1) is 6.61 Å². The molecule has 0 bridgehead atoms. The Hall–Kier alpha value is -1.74. The first kappa shape index (κ1) is 18.3. The number of unbranched alkanes of at least 4 members (excludes halogenated alkanes) is 6. The molecule has 0 saturated heterocycles. The lowest BCUT2D eigenvalue weighted by molar-refractivity contribution is -0.141. The highest BCUT2D eigenvalue weighted by atomic mass is 16.5. The van der Waals surface area contributed by atoms with Crippen LogP contribution in [0.15, 0.2) is 12.2 Å². The monoisotopic (exact) mass is 280 g/mol. The Labute approximate surface area is 120 Å². The number of carbonyl (C=O) groups is 2. The SMILES string of the molecule is CCCCCCCC/C=C\C(=O)C(=[N+]=[N-])C(=O)OCC. The molecule has 20 heavy (non-hydrogen) atoms. The van der Waals surface area contributed by atoms with E-state index < -0.39 is 17.5 Å². The Kier molecular flexibility index (Phi) is 11.2. The summed E-state index contributed by atoms with van der Waals surface area (Å²) in [7, 11) is 0. The number of rotatable bonds is 11. The molecular weight excluding hydrogens is 256 g/mol.